The molecule has 0 amide bonds. The van der Waals surface area contributed by atoms with Gasteiger partial charge in [-0.3, -0.25) is 9.30 Å². The van der Waals surface area contributed by atoms with E-state index in [0.717, 1.165) is 61.0 Å². The molecule has 4 rings (SSSR count). The van der Waals surface area contributed by atoms with E-state index >= 15 is 0 Å². The largest absolute Gasteiger partial charge is 0.395 e. The molecule has 0 bridgehead atoms. The maximum atomic E-state index is 9.40. The number of aromatic nitrogens is 3. The van der Waals surface area contributed by atoms with Crippen molar-refractivity contribution in [2.75, 3.05) is 44.2 Å². The Morgan fingerprint density at radius 2 is 1.88 bits per heavy atom. The Morgan fingerprint density at radius 1 is 1.04 bits per heavy atom. The highest BCUT2D eigenvalue weighted by molar-refractivity contribution is 5.71. The molecule has 0 aliphatic carbocycles. The number of imidazole rings is 1. The van der Waals surface area contributed by atoms with Crippen molar-refractivity contribution >= 4 is 11.5 Å². The molecule has 1 aliphatic heterocycles. The Hall–Kier alpha value is -2.48. The second-order valence-electron chi connectivity index (χ2n) is 6.50. The van der Waals surface area contributed by atoms with E-state index in [2.05, 4.69) is 19.2 Å². The van der Waals surface area contributed by atoms with Gasteiger partial charge in [0.15, 0.2) is 11.5 Å². The standard InChI is InChI=1S/C19H23N5O2/c25-11-10-22-6-8-23(9-7-22)18-19-20-4-5-24(19)17(13-21-18)16-3-1-2-15(12-16)14-26/h1-5,12-13,25-26H,6-11,14H2. The molecule has 0 saturated carbocycles. The van der Waals surface area contributed by atoms with E-state index < -0.39 is 0 Å². The third-order valence-electron chi connectivity index (χ3n) is 4.90. The molecule has 1 aliphatic rings. The van der Waals surface area contributed by atoms with Gasteiger partial charge < -0.3 is 15.1 Å². The summed E-state index contributed by atoms with van der Waals surface area (Å²) in [6.07, 6.45) is 5.62. The number of piperazine rings is 1. The van der Waals surface area contributed by atoms with Gasteiger partial charge in [0, 0.05) is 50.7 Å². The molecule has 2 aromatic heterocycles. The number of fused-ring (bicyclic) bond motifs is 1. The van der Waals surface area contributed by atoms with Crippen LogP contribution in [0.1, 0.15) is 5.56 Å². The molecule has 0 unspecified atom stereocenters. The van der Waals surface area contributed by atoms with Gasteiger partial charge in [0.2, 0.25) is 0 Å². The van der Waals surface area contributed by atoms with Gasteiger partial charge in [-0.25, -0.2) is 9.97 Å². The first-order chi connectivity index (χ1) is 12.8. The summed E-state index contributed by atoms with van der Waals surface area (Å²) in [6, 6.07) is 7.84. The van der Waals surface area contributed by atoms with E-state index in [1.165, 1.54) is 0 Å². The Bertz CT molecular complexity index is 887. The van der Waals surface area contributed by atoms with Crippen molar-refractivity contribution in [1.82, 2.24) is 19.3 Å². The van der Waals surface area contributed by atoms with Crippen molar-refractivity contribution in [2.24, 2.45) is 0 Å². The van der Waals surface area contributed by atoms with Crippen LogP contribution < -0.4 is 4.90 Å². The number of nitrogens with zero attached hydrogens (tertiary/aromatic N) is 5. The SMILES string of the molecule is OCCN1CCN(c2ncc(-c3cccc(CO)c3)n3ccnc23)CC1. The van der Waals surface area contributed by atoms with E-state index in [1.807, 2.05) is 36.7 Å². The van der Waals surface area contributed by atoms with Crippen LogP contribution in [0, 0.1) is 0 Å². The van der Waals surface area contributed by atoms with Crippen LogP contribution in [-0.2, 0) is 6.61 Å². The molecule has 1 aromatic carbocycles. The maximum absolute atomic E-state index is 9.40. The average Bonchev–Trinajstić information content (AvgIpc) is 3.18. The van der Waals surface area contributed by atoms with E-state index in [-0.39, 0.29) is 13.2 Å². The average molecular weight is 353 g/mol. The summed E-state index contributed by atoms with van der Waals surface area (Å²) in [4.78, 5) is 13.8. The summed E-state index contributed by atoms with van der Waals surface area (Å²) in [5.41, 5.74) is 3.68. The lowest BCUT2D eigenvalue weighted by molar-refractivity contribution is 0.188. The molecule has 136 valence electrons. The number of benzene rings is 1. The number of aliphatic hydroxyl groups is 2. The molecule has 0 radical (unpaired) electrons. The summed E-state index contributed by atoms with van der Waals surface area (Å²) >= 11 is 0. The molecule has 0 spiro atoms. The number of anilines is 1. The maximum Gasteiger partial charge on any atom is 0.180 e. The zero-order chi connectivity index (χ0) is 17.9. The summed E-state index contributed by atoms with van der Waals surface area (Å²) in [5, 5.41) is 18.5. The first-order valence-corrected chi connectivity index (χ1v) is 8.90. The highest BCUT2D eigenvalue weighted by Crippen LogP contribution is 2.26. The molecular formula is C19H23N5O2. The molecule has 3 heterocycles. The Kier molecular flexibility index (Phi) is 4.83. The molecule has 7 nitrogen and oxygen atoms in total. The molecule has 1 fully saturated rings. The summed E-state index contributed by atoms with van der Waals surface area (Å²) in [7, 11) is 0. The number of rotatable bonds is 5. The van der Waals surface area contributed by atoms with Gasteiger partial charge in [0.05, 0.1) is 25.1 Å². The predicted octanol–water partition coefficient (Wildman–Crippen LogP) is 1.00. The van der Waals surface area contributed by atoms with E-state index in [0.29, 0.717) is 0 Å². The van der Waals surface area contributed by atoms with E-state index in [9.17, 15) is 5.11 Å². The highest BCUT2D eigenvalue weighted by Gasteiger charge is 2.21. The predicted molar refractivity (Wildman–Crippen MR) is 100 cm³/mol. The monoisotopic (exact) mass is 353 g/mol. The molecule has 1 saturated heterocycles. The van der Waals surface area contributed by atoms with Crippen LogP contribution in [0.5, 0.6) is 0 Å². The fraction of sp³-hybridized carbons (Fsp3) is 0.368. The minimum Gasteiger partial charge on any atom is -0.395 e. The van der Waals surface area contributed by atoms with Gasteiger partial charge in [-0.15, -0.1) is 0 Å². The molecule has 3 aromatic rings. The van der Waals surface area contributed by atoms with Crippen LogP contribution in [0.2, 0.25) is 0 Å². The van der Waals surface area contributed by atoms with Crippen LogP contribution in [0.25, 0.3) is 16.9 Å². The van der Waals surface area contributed by atoms with Crippen molar-refractivity contribution in [3.8, 4) is 11.3 Å². The minimum atomic E-state index is 0.0184. The minimum absolute atomic E-state index is 0.0184. The van der Waals surface area contributed by atoms with Crippen LogP contribution in [0.3, 0.4) is 0 Å². The molecular weight excluding hydrogens is 330 g/mol. The second-order valence-corrected chi connectivity index (χ2v) is 6.50. The Labute approximate surface area is 152 Å². The third-order valence-corrected chi connectivity index (χ3v) is 4.90. The van der Waals surface area contributed by atoms with Crippen molar-refractivity contribution in [3.05, 3.63) is 48.4 Å². The molecule has 2 N–H and O–H groups in total. The topological polar surface area (TPSA) is 77.1 Å². The van der Waals surface area contributed by atoms with Crippen LogP contribution in [0.15, 0.2) is 42.9 Å². The van der Waals surface area contributed by atoms with Gasteiger partial charge in [-0.1, -0.05) is 18.2 Å². The Morgan fingerprint density at radius 3 is 2.65 bits per heavy atom. The normalized spacial score (nSPS) is 15.7. The number of hydrogen-bond donors (Lipinski definition) is 2. The van der Waals surface area contributed by atoms with Crippen LogP contribution >= 0.6 is 0 Å². The van der Waals surface area contributed by atoms with Gasteiger partial charge in [0.1, 0.15) is 0 Å². The van der Waals surface area contributed by atoms with Gasteiger partial charge >= 0.3 is 0 Å². The lowest BCUT2D eigenvalue weighted by atomic mass is 10.1. The zero-order valence-corrected chi connectivity index (χ0v) is 14.6. The van der Waals surface area contributed by atoms with Gasteiger partial charge in [-0.2, -0.15) is 0 Å². The van der Waals surface area contributed by atoms with Crippen LogP contribution in [0.4, 0.5) is 5.82 Å². The number of aliphatic hydroxyl groups excluding tert-OH is 2. The number of β-amino-alcohol motifs (C(OH)–C–C–N with tert-alkyl or cyclic N) is 1. The van der Waals surface area contributed by atoms with Crippen molar-refractivity contribution < 1.29 is 10.2 Å². The van der Waals surface area contributed by atoms with E-state index in [1.54, 1.807) is 6.20 Å². The summed E-state index contributed by atoms with van der Waals surface area (Å²) < 4.78 is 2.05. The highest BCUT2D eigenvalue weighted by atomic mass is 16.3. The lowest BCUT2D eigenvalue weighted by Crippen LogP contribution is -2.47. The van der Waals surface area contributed by atoms with E-state index in [4.69, 9.17) is 10.1 Å². The molecule has 7 heteroatoms. The number of hydrogen-bond acceptors (Lipinski definition) is 6. The quantitative estimate of drug-likeness (QED) is 0.713. The van der Waals surface area contributed by atoms with Crippen LogP contribution in [-0.4, -0.2) is 68.8 Å². The first-order valence-electron chi connectivity index (χ1n) is 8.90. The fourth-order valence-electron chi connectivity index (χ4n) is 3.50. The fourth-order valence-corrected chi connectivity index (χ4v) is 3.50. The lowest BCUT2D eigenvalue weighted by Gasteiger charge is -2.35. The zero-order valence-electron chi connectivity index (χ0n) is 14.6. The summed E-state index contributed by atoms with van der Waals surface area (Å²) in [5.74, 6) is 0.890. The van der Waals surface area contributed by atoms with Gasteiger partial charge in [-0.05, 0) is 11.6 Å². The molecule has 0 atom stereocenters. The summed E-state index contributed by atoms with van der Waals surface area (Å²) in [6.45, 7) is 4.50. The first kappa shape index (κ1) is 17.0. The van der Waals surface area contributed by atoms with Crippen molar-refractivity contribution in [3.63, 3.8) is 0 Å². The second kappa shape index (κ2) is 7.41. The smallest absolute Gasteiger partial charge is 0.180 e. The molecule has 26 heavy (non-hydrogen) atoms. The third kappa shape index (κ3) is 3.16. The van der Waals surface area contributed by atoms with Gasteiger partial charge in [0.25, 0.3) is 0 Å². The van der Waals surface area contributed by atoms with Crippen molar-refractivity contribution in [2.45, 2.75) is 6.61 Å². The van der Waals surface area contributed by atoms with Crippen molar-refractivity contribution in [1.29, 1.82) is 0 Å². The Balaban J connectivity index is 1.66.